The van der Waals surface area contributed by atoms with Gasteiger partial charge in [0, 0.05) is 42.5 Å². The van der Waals surface area contributed by atoms with Gasteiger partial charge in [0.05, 0.1) is 0 Å². The standard InChI is InChI=1S/C22H26FN5O3/c1-22(2,3)21(31)27-18-17(24-9-10-25-18)19(29)26-16-7-11-28(12-8-16)20(30)14-5-4-6-15(23)13-14/h4-6,9-10,13,16H,7-8,11-12H2,1-3H3,(H,26,29)(H,25,27,31). The van der Waals surface area contributed by atoms with Crippen LogP contribution in [0.15, 0.2) is 36.7 Å². The maximum Gasteiger partial charge on any atom is 0.273 e. The molecule has 0 radical (unpaired) electrons. The fourth-order valence-electron chi connectivity index (χ4n) is 3.18. The van der Waals surface area contributed by atoms with Crippen molar-refractivity contribution in [2.75, 3.05) is 18.4 Å². The topological polar surface area (TPSA) is 104 Å². The number of nitrogens with zero attached hydrogens (tertiary/aromatic N) is 3. The summed E-state index contributed by atoms with van der Waals surface area (Å²) < 4.78 is 13.4. The number of benzene rings is 1. The molecule has 0 unspecified atom stereocenters. The van der Waals surface area contributed by atoms with Gasteiger partial charge in [-0.25, -0.2) is 14.4 Å². The lowest BCUT2D eigenvalue weighted by molar-refractivity contribution is -0.123. The molecule has 3 amide bonds. The highest BCUT2D eigenvalue weighted by Crippen LogP contribution is 2.19. The van der Waals surface area contributed by atoms with Gasteiger partial charge in [-0.15, -0.1) is 0 Å². The van der Waals surface area contributed by atoms with Gasteiger partial charge in [-0.2, -0.15) is 0 Å². The molecule has 2 N–H and O–H groups in total. The first kappa shape index (κ1) is 22.3. The minimum absolute atomic E-state index is 0.0402. The lowest BCUT2D eigenvalue weighted by Crippen LogP contribution is -2.46. The van der Waals surface area contributed by atoms with Crippen molar-refractivity contribution < 1.29 is 18.8 Å². The van der Waals surface area contributed by atoms with E-state index >= 15 is 0 Å². The molecule has 1 aliphatic rings. The van der Waals surface area contributed by atoms with Crippen LogP contribution in [0.4, 0.5) is 10.2 Å². The van der Waals surface area contributed by atoms with Crippen molar-refractivity contribution in [1.29, 1.82) is 0 Å². The van der Waals surface area contributed by atoms with E-state index in [0.717, 1.165) is 0 Å². The maximum absolute atomic E-state index is 13.4. The number of rotatable bonds is 4. The number of halogens is 1. The summed E-state index contributed by atoms with van der Waals surface area (Å²) in [6, 6.07) is 5.45. The molecule has 3 rings (SSSR count). The highest BCUT2D eigenvalue weighted by Gasteiger charge is 2.28. The monoisotopic (exact) mass is 427 g/mol. The fraction of sp³-hybridized carbons (Fsp3) is 0.409. The molecule has 8 nitrogen and oxygen atoms in total. The lowest BCUT2D eigenvalue weighted by atomic mass is 9.96. The lowest BCUT2D eigenvalue weighted by Gasteiger charge is -2.32. The third-order valence-corrected chi connectivity index (χ3v) is 5.02. The third-order valence-electron chi connectivity index (χ3n) is 5.02. The maximum atomic E-state index is 13.4. The largest absolute Gasteiger partial charge is 0.348 e. The van der Waals surface area contributed by atoms with Crippen LogP contribution in [-0.2, 0) is 4.79 Å². The zero-order chi connectivity index (χ0) is 22.6. The van der Waals surface area contributed by atoms with Gasteiger partial charge in [0.2, 0.25) is 5.91 Å². The first-order valence-electron chi connectivity index (χ1n) is 10.1. The van der Waals surface area contributed by atoms with E-state index < -0.39 is 17.1 Å². The van der Waals surface area contributed by atoms with E-state index in [1.807, 2.05) is 0 Å². The van der Waals surface area contributed by atoms with E-state index in [0.29, 0.717) is 31.5 Å². The molecule has 2 heterocycles. The molecule has 31 heavy (non-hydrogen) atoms. The predicted octanol–water partition coefficient (Wildman–Crippen LogP) is 2.63. The molecule has 0 aliphatic carbocycles. The van der Waals surface area contributed by atoms with Crippen LogP contribution in [0.3, 0.4) is 0 Å². The minimum Gasteiger partial charge on any atom is -0.348 e. The fourth-order valence-corrected chi connectivity index (χ4v) is 3.18. The number of hydrogen-bond donors (Lipinski definition) is 2. The van der Waals surface area contributed by atoms with Crippen LogP contribution >= 0.6 is 0 Å². The van der Waals surface area contributed by atoms with E-state index in [-0.39, 0.29) is 29.4 Å². The molecule has 1 aromatic carbocycles. The van der Waals surface area contributed by atoms with Crippen LogP contribution in [0.1, 0.15) is 54.5 Å². The van der Waals surface area contributed by atoms with Gasteiger partial charge in [-0.3, -0.25) is 14.4 Å². The van der Waals surface area contributed by atoms with Gasteiger partial charge >= 0.3 is 0 Å². The molecular weight excluding hydrogens is 401 g/mol. The minimum atomic E-state index is -0.647. The van der Waals surface area contributed by atoms with Crippen molar-refractivity contribution >= 4 is 23.5 Å². The Hall–Kier alpha value is -3.36. The molecule has 164 valence electrons. The summed E-state index contributed by atoms with van der Waals surface area (Å²) in [4.78, 5) is 47.4. The van der Waals surface area contributed by atoms with Crippen molar-refractivity contribution in [3.63, 3.8) is 0 Å². The van der Waals surface area contributed by atoms with E-state index in [4.69, 9.17) is 0 Å². The van der Waals surface area contributed by atoms with E-state index in [1.54, 1.807) is 31.7 Å². The smallest absolute Gasteiger partial charge is 0.273 e. The highest BCUT2D eigenvalue weighted by atomic mass is 19.1. The normalized spacial score (nSPS) is 14.8. The van der Waals surface area contributed by atoms with Crippen molar-refractivity contribution in [2.24, 2.45) is 5.41 Å². The molecule has 1 aromatic heterocycles. The summed E-state index contributed by atoms with van der Waals surface area (Å²) in [7, 11) is 0. The Morgan fingerprint density at radius 3 is 2.42 bits per heavy atom. The van der Waals surface area contributed by atoms with Gasteiger partial charge < -0.3 is 15.5 Å². The average Bonchev–Trinajstić information content (AvgIpc) is 2.73. The van der Waals surface area contributed by atoms with Crippen LogP contribution in [0.5, 0.6) is 0 Å². The van der Waals surface area contributed by atoms with Crippen molar-refractivity contribution in [2.45, 2.75) is 39.7 Å². The molecule has 1 fully saturated rings. The average molecular weight is 427 g/mol. The summed E-state index contributed by atoms with van der Waals surface area (Å²) in [6.07, 6.45) is 3.90. The Morgan fingerprint density at radius 2 is 1.77 bits per heavy atom. The van der Waals surface area contributed by atoms with Crippen molar-refractivity contribution in [3.8, 4) is 0 Å². The quantitative estimate of drug-likeness (QED) is 0.781. The number of piperidine rings is 1. The Morgan fingerprint density at radius 1 is 1.10 bits per heavy atom. The van der Waals surface area contributed by atoms with Gasteiger partial charge in [-0.05, 0) is 31.0 Å². The van der Waals surface area contributed by atoms with Crippen LogP contribution in [0.25, 0.3) is 0 Å². The summed E-state index contributed by atoms with van der Waals surface area (Å²) in [6.45, 7) is 6.16. The number of carbonyl (C=O) groups is 3. The van der Waals surface area contributed by atoms with Crippen molar-refractivity contribution in [1.82, 2.24) is 20.2 Å². The van der Waals surface area contributed by atoms with E-state index in [9.17, 15) is 18.8 Å². The Bertz CT molecular complexity index is 981. The molecule has 0 atom stereocenters. The van der Waals surface area contributed by atoms with Crippen LogP contribution < -0.4 is 10.6 Å². The molecule has 1 saturated heterocycles. The molecule has 0 bridgehead atoms. The highest BCUT2D eigenvalue weighted by molar-refractivity contribution is 6.02. The molecule has 2 aromatic rings. The Kier molecular flexibility index (Phi) is 6.62. The summed E-state index contributed by atoms with van der Waals surface area (Å²) in [5.74, 6) is -1.28. The second-order valence-electron chi connectivity index (χ2n) is 8.51. The van der Waals surface area contributed by atoms with Crippen LogP contribution in [0, 0.1) is 11.2 Å². The second-order valence-corrected chi connectivity index (χ2v) is 8.51. The number of aromatic nitrogens is 2. The molecule has 0 spiro atoms. The van der Waals surface area contributed by atoms with Crippen molar-refractivity contribution in [3.05, 3.63) is 53.7 Å². The summed E-state index contributed by atoms with van der Waals surface area (Å²) >= 11 is 0. The molecule has 9 heteroatoms. The zero-order valence-electron chi connectivity index (χ0n) is 17.8. The van der Waals surface area contributed by atoms with Gasteiger partial charge in [0.1, 0.15) is 5.82 Å². The van der Waals surface area contributed by atoms with E-state index in [1.165, 1.54) is 30.6 Å². The molecule has 1 aliphatic heterocycles. The van der Waals surface area contributed by atoms with Crippen LogP contribution in [-0.4, -0.2) is 51.7 Å². The first-order chi connectivity index (χ1) is 14.6. The SMILES string of the molecule is CC(C)(C)C(=O)Nc1nccnc1C(=O)NC1CCN(C(=O)c2cccc(F)c2)CC1. The number of likely N-dealkylation sites (tertiary alicyclic amines) is 1. The van der Waals surface area contributed by atoms with Gasteiger partial charge in [0.15, 0.2) is 11.5 Å². The zero-order valence-corrected chi connectivity index (χ0v) is 17.8. The Balaban J connectivity index is 1.59. The Labute approximate surface area is 180 Å². The van der Waals surface area contributed by atoms with E-state index in [2.05, 4.69) is 20.6 Å². The van der Waals surface area contributed by atoms with Crippen LogP contribution in [0.2, 0.25) is 0 Å². The molecule has 0 saturated carbocycles. The number of amides is 3. The molecular formula is C22H26FN5O3. The number of hydrogen-bond acceptors (Lipinski definition) is 5. The third kappa shape index (κ3) is 5.62. The number of anilines is 1. The summed E-state index contributed by atoms with van der Waals surface area (Å²) in [5, 5.41) is 5.56. The summed E-state index contributed by atoms with van der Waals surface area (Å²) in [5.41, 5.74) is -0.300. The predicted molar refractivity (Wildman–Crippen MR) is 113 cm³/mol. The number of carbonyl (C=O) groups excluding carboxylic acids is 3. The van der Waals surface area contributed by atoms with Gasteiger partial charge in [0.25, 0.3) is 11.8 Å². The first-order valence-corrected chi connectivity index (χ1v) is 10.1. The second kappa shape index (κ2) is 9.20. The van der Waals surface area contributed by atoms with Gasteiger partial charge in [-0.1, -0.05) is 26.8 Å². The number of nitrogens with one attached hydrogen (secondary N) is 2.